The molecule has 0 fully saturated rings. The van der Waals surface area contributed by atoms with Crippen LogP contribution in [0.2, 0.25) is 0 Å². The van der Waals surface area contributed by atoms with Crippen LogP contribution >= 0.6 is 15.9 Å². The monoisotopic (exact) mass is 296 g/mol. The Morgan fingerprint density at radius 3 is 2.88 bits per heavy atom. The van der Waals surface area contributed by atoms with Crippen molar-refractivity contribution in [2.24, 2.45) is 0 Å². The number of hydrogen-bond acceptors (Lipinski definition) is 4. The second-order valence-corrected chi connectivity index (χ2v) is 4.53. The Kier molecular flexibility index (Phi) is 3.86. The van der Waals surface area contributed by atoms with E-state index in [9.17, 15) is 5.11 Å². The molecule has 6 heteroatoms. The lowest BCUT2D eigenvalue weighted by Crippen LogP contribution is -2.10. The highest BCUT2D eigenvalue weighted by Crippen LogP contribution is 2.17. The van der Waals surface area contributed by atoms with Gasteiger partial charge < -0.3 is 5.11 Å². The first kappa shape index (κ1) is 12.2. The topological polar surface area (TPSA) is 63.8 Å². The fourth-order valence-corrected chi connectivity index (χ4v) is 1.81. The number of nitrogens with zero attached hydrogens (tertiary/aromatic N) is 4. The summed E-state index contributed by atoms with van der Waals surface area (Å²) >= 11 is 3.31. The summed E-state index contributed by atoms with van der Waals surface area (Å²) in [6.45, 7) is 2.73. The van der Waals surface area contributed by atoms with Crippen LogP contribution in [-0.4, -0.2) is 24.9 Å². The Balaban J connectivity index is 2.11. The number of aliphatic hydroxyl groups is 1. The van der Waals surface area contributed by atoms with E-state index in [0.29, 0.717) is 12.1 Å². The summed E-state index contributed by atoms with van der Waals surface area (Å²) in [5.41, 5.74) is 0.638. The molecule has 0 saturated heterocycles. The van der Waals surface area contributed by atoms with E-state index in [4.69, 9.17) is 0 Å². The van der Waals surface area contributed by atoms with Crippen LogP contribution in [0, 0.1) is 0 Å². The highest BCUT2D eigenvalue weighted by Gasteiger charge is 2.13. The average molecular weight is 297 g/mol. The maximum atomic E-state index is 10.0. The van der Waals surface area contributed by atoms with E-state index in [1.54, 1.807) is 16.9 Å². The lowest BCUT2D eigenvalue weighted by Gasteiger charge is -2.10. The number of aliphatic hydroxyl groups excluding tert-OH is 1. The Morgan fingerprint density at radius 1 is 1.41 bits per heavy atom. The number of pyridine rings is 1. The molecule has 0 aliphatic rings. The van der Waals surface area contributed by atoms with Crippen molar-refractivity contribution in [2.75, 3.05) is 0 Å². The van der Waals surface area contributed by atoms with Gasteiger partial charge >= 0.3 is 0 Å². The van der Waals surface area contributed by atoms with Crippen LogP contribution in [0.1, 0.15) is 24.5 Å². The molecule has 17 heavy (non-hydrogen) atoms. The second-order valence-electron chi connectivity index (χ2n) is 3.61. The van der Waals surface area contributed by atoms with Gasteiger partial charge in [0.2, 0.25) is 0 Å². The first-order chi connectivity index (χ1) is 8.20. The highest BCUT2D eigenvalue weighted by molar-refractivity contribution is 9.10. The van der Waals surface area contributed by atoms with Gasteiger partial charge in [0.05, 0.1) is 5.69 Å². The summed E-state index contributed by atoms with van der Waals surface area (Å²) < 4.78 is 2.66. The molecule has 0 aliphatic heterocycles. The Morgan fingerprint density at radius 2 is 2.24 bits per heavy atom. The zero-order valence-corrected chi connectivity index (χ0v) is 11.0. The van der Waals surface area contributed by atoms with Gasteiger partial charge in [-0.2, -0.15) is 5.10 Å². The largest absolute Gasteiger partial charge is 0.386 e. The maximum Gasteiger partial charge on any atom is 0.138 e. The van der Waals surface area contributed by atoms with Gasteiger partial charge in [-0.1, -0.05) is 0 Å². The van der Waals surface area contributed by atoms with Crippen molar-refractivity contribution in [1.82, 2.24) is 19.7 Å². The average Bonchev–Trinajstić information content (AvgIpc) is 2.77. The fraction of sp³-hybridized carbons (Fsp3) is 0.364. The third-order valence-electron chi connectivity index (χ3n) is 2.46. The third-order valence-corrected chi connectivity index (χ3v) is 2.93. The molecule has 1 unspecified atom stereocenters. The molecule has 0 aliphatic carbocycles. The molecule has 2 aromatic rings. The Hall–Kier alpha value is -1.27. The van der Waals surface area contributed by atoms with Crippen molar-refractivity contribution in [3.63, 3.8) is 0 Å². The lowest BCUT2D eigenvalue weighted by molar-refractivity contribution is 0.169. The van der Waals surface area contributed by atoms with Gasteiger partial charge in [-0.05, 0) is 35.0 Å². The van der Waals surface area contributed by atoms with Gasteiger partial charge in [0.15, 0.2) is 0 Å². The summed E-state index contributed by atoms with van der Waals surface area (Å²) in [5, 5.41) is 14.1. The predicted octanol–water partition coefficient (Wildman–Crippen LogP) is 1.73. The van der Waals surface area contributed by atoms with Crippen LogP contribution in [0.25, 0.3) is 0 Å². The van der Waals surface area contributed by atoms with E-state index >= 15 is 0 Å². The van der Waals surface area contributed by atoms with Crippen LogP contribution in [0.15, 0.2) is 29.1 Å². The summed E-state index contributed by atoms with van der Waals surface area (Å²) in [5.74, 6) is 0.768. The van der Waals surface area contributed by atoms with Crippen LogP contribution in [-0.2, 0) is 13.0 Å². The molecule has 1 N–H and O–H groups in total. The smallest absolute Gasteiger partial charge is 0.138 e. The minimum Gasteiger partial charge on any atom is -0.386 e. The summed E-state index contributed by atoms with van der Waals surface area (Å²) in [6.07, 6.45) is 2.93. The van der Waals surface area contributed by atoms with Gasteiger partial charge in [0.25, 0.3) is 0 Å². The Bertz CT molecular complexity index is 482. The van der Waals surface area contributed by atoms with E-state index in [-0.39, 0.29) is 0 Å². The van der Waals surface area contributed by atoms with Gasteiger partial charge in [0, 0.05) is 23.6 Å². The number of rotatable bonds is 4. The number of aromatic nitrogens is 4. The molecule has 90 valence electrons. The van der Waals surface area contributed by atoms with E-state index in [0.717, 1.165) is 16.8 Å². The van der Waals surface area contributed by atoms with Crippen molar-refractivity contribution < 1.29 is 5.11 Å². The normalized spacial score (nSPS) is 12.6. The van der Waals surface area contributed by atoms with Crippen LogP contribution in [0.5, 0.6) is 0 Å². The second kappa shape index (κ2) is 5.37. The quantitative estimate of drug-likeness (QED) is 0.933. The fourth-order valence-electron chi connectivity index (χ4n) is 1.57. The van der Waals surface area contributed by atoms with E-state index < -0.39 is 6.10 Å². The number of hydrogen-bond donors (Lipinski definition) is 1. The summed E-state index contributed by atoms with van der Waals surface area (Å²) in [6, 6.07) is 3.65. The molecule has 0 radical (unpaired) electrons. The van der Waals surface area contributed by atoms with Crippen LogP contribution in [0.4, 0.5) is 0 Å². The zero-order valence-electron chi connectivity index (χ0n) is 9.41. The molecular formula is C11H13BrN4O. The van der Waals surface area contributed by atoms with Crippen molar-refractivity contribution >= 4 is 15.9 Å². The molecule has 0 saturated carbocycles. The lowest BCUT2D eigenvalue weighted by atomic mass is 10.1. The molecule has 2 rings (SSSR count). The molecule has 0 bridgehead atoms. The zero-order chi connectivity index (χ0) is 12.3. The van der Waals surface area contributed by atoms with Gasteiger partial charge in [-0.3, -0.25) is 9.67 Å². The molecular weight excluding hydrogens is 284 g/mol. The molecule has 0 aromatic carbocycles. The minimum atomic E-state index is -0.655. The van der Waals surface area contributed by atoms with Gasteiger partial charge in [0.1, 0.15) is 18.3 Å². The summed E-state index contributed by atoms with van der Waals surface area (Å²) in [7, 11) is 0. The highest BCUT2D eigenvalue weighted by atomic mass is 79.9. The molecule has 0 spiro atoms. The molecule has 1 atom stereocenters. The van der Waals surface area contributed by atoms with Crippen molar-refractivity contribution in [3.05, 3.63) is 40.6 Å². The van der Waals surface area contributed by atoms with E-state index in [1.165, 1.54) is 6.33 Å². The van der Waals surface area contributed by atoms with Crippen molar-refractivity contribution in [2.45, 2.75) is 26.0 Å². The minimum absolute atomic E-state index is 0.419. The van der Waals surface area contributed by atoms with Crippen molar-refractivity contribution in [3.8, 4) is 0 Å². The molecule has 2 aromatic heterocycles. The molecule has 0 amide bonds. The van der Waals surface area contributed by atoms with Gasteiger partial charge in [-0.25, -0.2) is 4.98 Å². The maximum absolute atomic E-state index is 10.0. The predicted molar refractivity (Wildman–Crippen MR) is 66.3 cm³/mol. The molecule has 5 nitrogen and oxygen atoms in total. The van der Waals surface area contributed by atoms with Crippen LogP contribution in [0.3, 0.4) is 0 Å². The number of halogens is 1. The van der Waals surface area contributed by atoms with Crippen LogP contribution < -0.4 is 0 Å². The Labute approximate surface area is 108 Å². The standard InChI is InChI=1S/C11H13BrN4O/c1-2-16-11(14-7-15-16)5-10(17)9-4-3-8(12)6-13-9/h3-4,6-7,10,17H,2,5H2,1H3. The van der Waals surface area contributed by atoms with Gasteiger partial charge in [-0.15, -0.1) is 0 Å². The first-order valence-electron chi connectivity index (χ1n) is 5.37. The van der Waals surface area contributed by atoms with E-state index in [2.05, 4.69) is 31.0 Å². The first-order valence-corrected chi connectivity index (χ1v) is 6.16. The number of aryl methyl sites for hydroxylation is 1. The molecule has 2 heterocycles. The summed E-state index contributed by atoms with van der Waals surface area (Å²) in [4.78, 5) is 8.28. The van der Waals surface area contributed by atoms with Crippen molar-refractivity contribution in [1.29, 1.82) is 0 Å². The third kappa shape index (κ3) is 2.89. The SMILES string of the molecule is CCn1ncnc1CC(O)c1ccc(Br)cn1. The van der Waals surface area contributed by atoms with E-state index in [1.807, 2.05) is 13.0 Å².